The number of carboxylic acid groups (broad SMARTS) is 1. The summed E-state index contributed by atoms with van der Waals surface area (Å²) in [6, 6.07) is 17.5. The molecule has 186 valence electrons. The molecule has 0 radical (unpaired) electrons. The molecule has 1 aromatic heterocycles. The Labute approximate surface area is 207 Å². The molecular formula is C26H27F2NO5S. The molecule has 0 unspecified atom stereocenters. The van der Waals surface area contributed by atoms with E-state index in [-0.39, 0.29) is 18.1 Å². The Kier molecular flexibility index (Phi) is 10.2. The summed E-state index contributed by atoms with van der Waals surface area (Å²) >= 11 is 1.24. The third-order valence-electron chi connectivity index (χ3n) is 4.88. The summed E-state index contributed by atoms with van der Waals surface area (Å²) in [5, 5.41) is 8.80. The number of rotatable bonds is 14. The van der Waals surface area contributed by atoms with Crippen LogP contribution in [0.15, 0.2) is 70.1 Å². The number of carbonyl (C=O) groups is 1. The van der Waals surface area contributed by atoms with Crippen LogP contribution in [-0.2, 0) is 11.4 Å². The van der Waals surface area contributed by atoms with Crippen molar-refractivity contribution in [1.82, 2.24) is 0 Å². The first-order valence-corrected chi connectivity index (χ1v) is 12.3. The largest absolute Gasteiger partial charge is 0.489 e. The molecule has 1 N–H and O–H groups in total. The van der Waals surface area contributed by atoms with E-state index in [1.807, 2.05) is 30.3 Å². The Morgan fingerprint density at radius 1 is 1.11 bits per heavy atom. The van der Waals surface area contributed by atoms with Gasteiger partial charge in [-0.3, -0.25) is 9.79 Å². The van der Waals surface area contributed by atoms with Crippen molar-refractivity contribution >= 4 is 23.4 Å². The fraction of sp³-hybridized carbons (Fsp3) is 0.308. The van der Waals surface area contributed by atoms with Crippen LogP contribution in [0.4, 0.5) is 8.78 Å². The summed E-state index contributed by atoms with van der Waals surface area (Å²) in [5.41, 5.74) is 2.33. The van der Waals surface area contributed by atoms with E-state index in [1.165, 1.54) is 23.9 Å². The predicted molar refractivity (Wildman–Crippen MR) is 133 cm³/mol. The molecule has 9 heteroatoms. The van der Waals surface area contributed by atoms with Gasteiger partial charge in [0.25, 0.3) is 0 Å². The predicted octanol–water partition coefficient (Wildman–Crippen LogP) is 6.88. The number of aliphatic carboxylic acids is 1. The number of unbranched alkanes of at least 4 members (excludes halogenated alkanes) is 1. The van der Waals surface area contributed by atoms with Crippen molar-refractivity contribution in [2.24, 2.45) is 4.99 Å². The van der Waals surface area contributed by atoms with Crippen LogP contribution >= 0.6 is 11.8 Å². The van der Waals surface area contributed by atoms with Crippen molar-refractivity contribution in [2.75, 3.05) is 11.6 Å². The molecule has 35 heavy (non-hydrogen) atoms. The summed E-state index contributed by atoms with van der Waals surface area (Å²) in [7, 11) is 0. The lowest BCUT2D eigenvalue weighted by Crippen LogP contribution is -2.03. The molecule has 3 rings (SSSR count). The Morgan fingerprint density at radius 2 is 1.91 bits per heavy atom. The van der Waals surface area contributed by atoms with E-state index in [2.05, 4.69) is 16.7 Å². The van der Waals surface area contributed by atoms with Crippen molar-refractivity contribution in [3.05, 3.63) is 72.0 Å². The maximum Gasteiger partial charge on any atom is 0.387 e. The second-order valence-corrected chi connectivity index (χ2v) is 8.54. The van der Waals surface area contributed by atoms with Crippen LogP contribution in [0.25, 0.3) is 11.3 Å². The fourth-order valence-electron chi connectivity index (χ4n) is 3.25. The lowest BCUT2D eigenvalue weighted by atomic mass is 10.1. The SMILES string of the molecule is CCCCC(=NCSCC(=O)O)c1ccc(-c2cccc(OCc3cccc(OC(F)F)c3)c2)o1. The van der Waals surface area contributed by atoms with Crippen molar-refractivity contribution < 1.29 is 32.6 Å². The Balaban J connectivity index is 1.68. The monoisotopic (exact) mass is 503 g/mol. The van der Waals surface area contributed by atoms with Crippen LogP contribution in [0.5, 0.6) is 11.5 Å². The number of alkyl halides is 2. The molecule has 0 aliphatic rings. The normalized spacial score (nSPS) is 11.6. The molecule has 0 bridgehead atoms. The minimum absolute atomic E-state index is 0.00426. The standard InChI is InChI=1S/C26H27F2NO5S/c1-2-3-10-22(29-17-35-16-25(30)31)24-12-11-23(34-24)19-7-5-8-20(14-19)32-15-18-6-4-9-21(13-18)33-26(27)28/h4-9,11-14,26H,2-3,10,15-17H2,1H3,(H,30,31). The molecule has 0 spiro atoms. The molecule has 0 saturated heterocycles. The molecule has 1 heterocycles. The van der Waals surface area contributed by atoms with Crippen LogP contribution in [0.3, 0.4) is 0 Å². The van der Waals surface area contributed by atoms with E-state index in [1.54, 1.807) is 18.2 Å². The van der Waals surface area contributed by atoms with Gasteiger partial charge in [0, 0.05) is 5.56 Å². The Hall–Kier alpha value is -3.33. The zero-order chi connectivity index (χ0) is 25.0. The smallest absolute Gasteiger partial charge is 0.387 e. The van der Waals surface area contributed by atoms with E-state index in [9.17, 15) is 13.6 Å². The van der Waals surface area contributed by atoms with Gasteiger partial charge in [-0.05, 0) is 54.8 Å². The molecule has 2 aromatic carbocycles. The maximum absolute atomic E-state index is 12.4. The number of aliphatic imine (C=N–C) groups is 1. The summed E-state index contributed by atoms with van der Waals surface area (Å²) in [6.45, 7) is -0.593. The van der Waals surface area contributed by atoms with Gasteiger partial charge < -0.3 is 19.0 Å². The van der Waals surface area contributed by atoms with Crippen LogP contribution in [-0.4, -0.2) is 35.0 Å². The third kappa shape index (κ3) is 8.75. The number of ether oxygens (including phenoxy) is 2. The first-order chi connectivity index (χ1) is 16.9. The molecule has 6 nitrogen and oxygen atoms in total. The quantitative estimate of drug-likeness (QED) is 0.191. The van der Waals surface area contributed by atoms with Crippen molar-refractivity contribution in [3.63, 3.8) is 0 Å². The molecule has 0 atom stereocenters. The highest BCUT2D eigenvalue weighted by Gasteiger charge is 2.12. The number of thioether (sulfide) groups is 1. The number of halogens is 2. The highest BCUT2D eigenvalue weighted by atomic mass is 32.2. The summed E-state index contributed by atoms with van der Waals surface area (Å²) in [4.78, 5) is 15.3. The minimum atomic E-state index is -2.88. The number of hydrogen-bond acceptors (Lipinski definition) is 6. The van der Waals surface area contributed by atoms with Crippen molar-refractivity contribution in [2.45, 2.75) is 39.4 Å². The van der Waals surface area contributed by atoms with Gasteiger partial charge in [0.2, 0.25) is 0 Å². The molecule has 3 aromatic rings. The first kappa shape index (κ1) is 26.3. The van der Waals surface area contributed by atoms with Gasteiger partial charge in [-0.2, -0.15) is 8.78 Å². The topological polar surface area (TPSA) is 81.3 Å². The summed E-state index contributed by atoms with van der Waals surface area (Å²) in [6.07, 6.45) is 2.70. The van der Waals surface area contributed by atoms with Gasteiger partial charge >= 0.3 is 12.6 Å². The molecule has 0 aliphatic carbocycles. The zero-order valence-corrected chi connectivity index (χ0v) is 20.1. The minimum Gasteiger partial charge on any atom is -0.489 e. The molecule has 0 saturated carbocycles. The van der Waals surface area contributed by atoms with Crippen LogP contribution in [0.1, 0.15) is 37.5 Å². The van der Waals surface area contributed by atoms with E-state index in [4.69, 9.17) is 14.3 Å². The van der Waals surface area contributed by atoms with Gasteiger partial charge in [-0.1, -0.05) is 37.6 Å². The van der Waals surface area contributed by atoms with Gasteiger partial charge in [0.15, 0.2) is 0 Å². The van der Waals surface area contributed by atoms with E-state index < -0.39 is 12.6 Å². The van der Waals surface area contributed by atoms with E-state index in [0.29, 0.717) is 28.7 Å². The number of benzene rings is 2. The highest BCUT2D eigenvalue weighted by molar-refractivity contribution is 7.99. The molecule has 0 aliphatic heterocycles. The van der Waals surface area contributed by atoms with Gasteiger partial charge in [0.05, 0.1) is 17.3 Å². The molecule has 0 fully saturated rings. The number of nitrogens with zero attached hydrogens (tertiary/aromatic N) is 1. The van der Waals surface area contributed by atoms with Crippen LogP contribution in [0.2, 0.25) is 0 Å². The number of carboxylic acids is 1. The number of hydrogen-bond donors (Lipinski definition) is 1. The Morgan fingerprint density at radius 3 is 2.69 bits per heavy atom. The second-order valence-electron chi connectivity index (χ2n) is 7.59. The lowest BCUT2D eigenvalue weighted by molar-refractivity contribution is -0.133. The maximum atomic E-state index is 12.4. The molecule has 0 amide bonds. The number of furan rings is 1. The lowest BCUT2D eigenvalue weighted by Gasteiger charge is -2.09. The zero-order valence-electron chi connectivity index (χ0n) is 19.3. The first-order valence-electron chi connectivity index (χ1n) is 11.1. The van der Waals surface area contributed by atoms with Gasteiger partial charge in [-0.25, -0.2) is 0 Å². The fourth-order valence-corrected chi connectivity index (χ4v) is 3.76. The van der Waals surface area contributed by atoms with Crippen LogP contribution < -0.4 is 9.47 Å². The third-order valence-corrected chi connectivity index (χ3v) is 5.64. The Bertz CT molecular complexity index is 1130. The average molecular weight is 504 g/mol. The van der Waals surface area contributed by atoms with Gasteiger partial charge in [0.1, 0.15) is 29.6 Å². The van der Waals surface area contributed by atoms with Crippen molar-refractivity contribution in [3.8, 4) is 22.8 Å². The summed E-state index contributed by atoms with van der Waals surface area (Å²) in [5.74, 6) is 1.49. The van der Waals surface area contributed by atoms with Gasteiger partial charge in [-0.15, -0.1) is 11.8 Å². The van der Waals surface area contributed by atoms with Crippen LogP contribution in [0, 0.1) is 0 Å². The van der Waals surface area contributed by atoms with E-state index in [0.717, 1.165) is 30.5 Å². The van der Waals surface area contributed by atoms with Crippen molar-refractivity contribution in [1.29, 1.82) is 0 Å². The van der Waals surface area contributed by atoms with E-state index >= 15 is 0 Å². The average Bonchev–Trinajstić information content (AvgIpc) is 3.32. The molecular weight excluding hydrogens is 476 g/mol. The summed E-state index contributed by atoms with van der Waals surface area (Å²) < 4.78 is 41.2. The second kappa shape index (κ2) is 13.5. The highest BCUT2D eigenvalue weighted by Crippen LogP contribution is 2.27.